The summed E-state index contributed by atoms with van der Waals surface area (Å²) < 4.78 is 5.49. The first kappa shape index (κ1) is 14.7. The molecule has 1 fully saturated rings. The van der Waals surface area contributed by atoms with Crippen LogP contribution in [-0.4, -0.2) is 31.2 Å². The van der Waals surface area contributed by atoms with Gasteiger partial charge in [0.1, 0.15) is 11.6 Å². The first-order valence-corrected chi connectivity index (χ1v) is 7.84. The van der Waals surface area contributed by atoms with Crippen LogP contribution in [0.5, 0.6) is 5.75 Å². The van der Waals surface area contributed by atoms with E-state index in [1.165, 1.54) is 18.5 Å². The molecule has 116 valence electrons. The molecule has 1 N–H and O–H groups in total. The lowest BCUT2D eigenvalue weighted by atomic mass is 10.0. The summed E-state index contributed by atoms with van der Waals surface area (Å²) in [6.45, 7) is 4.06. The van der Waals surface area contributed by atoms with Crippen molar-refractivity contribution in [3.05, 3.63) is 48.2 Å². The standard InChI is InChI=1S/C18H23N3O/c1-14-7-5-11-18(19-14)20-15-8-6-12-21(13-15)16-9-3-4-10-17(16)22-2/h3-5,7,9-11,15H,6,8,12-13H2,1-2H3,(H,19,20). The van der Waals surface area contributed by atoms with Crippen LogP contribution in [0.4, 0.5) is 11.5 Å². The first-order valence-electron chi connectivity index (χ1n) is 7.84. The van der Waals surface area contributed by atoms with Crippen molar-refractivity contribution < 1.29 is 4.74 Å². The number of aromatic nitrogens is 1. The Hall–Kier alpha value is -2.23. The van der Waals surface area contributed by atoms with Gasteiger partial charge in [-0.1, -0.05) is 18.2 Å². The molecule has 22 heavy (non-hydrogen) atoms. The number of ether oxygens (including phenoxy) is 1. The number of anilines is 2. The molecule has 0 radical (unpaired) electrons. The van der Waals surface area contributed by atoms with Crippen molar-refractivity contribution >= 4 is 11.5 Å². The first-order chi connectivity index (χ1) is 10.8. The molecule has 1 saturated heterocycles. The second kappa shape index (κ2) is 6.69. The second-order valence-corrected chi connectivity index (χ2v) is 5.77. The second-order valence-electron chi connectivity index (χ2n) is 5.77. The molecule has 0 spiro atoms. The van der Waals surface area contributed by atoms with Crippen LogP contribution in [0.1, 0.15) is 18.5 Å². The van der Waals surface area contributed by atoms with Gasteiger partial charge in [0.25, 0.3) is 0 Å². The molecular formula is C18H23N3O. The predicted octanol–water partition coefficient (Wildman–Crippen LogP) is 3.48. The Balaban J connectivity index is 1.71. The highest BCUT2D eigenvalue weighted by molar-refractivity contribution is 5.59. The van der Waals surface area contributed by atoms with E-state index >= 15 is 0 Å². The van der Waals surface area contributed by atoms with Crippen molar-refractivity contribution in [2.45, 2.75) is 25.8 Å². The normalized spacial score (nSPS) is 18.1. The lowest BCUT2D eigenvalue weighted by molar-refractivity contribution is 0.411. The topological polar surface area (TPSA) is 37.4 Å². The van der Waals surface area contributed by atoms with Gasteiger partial charge in [-0.15, -0.1) is 0 Å². The summed E-state index contributed by atoms with van der Waals surface area (Å²) >= 11 is 0. The average Bonchev–Trinajstić information content (AvgIpc) is 2.55. The summed E-state index contributed by atoms with van der Waals surface area (Å²) in [7, 11) is 1.73. The van der Waals surface area contributed by atoms with Gasteiger partial charge in [-0.3, -0.25) is 0 Å². The van der Waals surface area contributed by atoms with Crippen molar-refractivity contribution in [2.24, 2.45) is 0 Å². The zero-order valence-electron chi connectivity index (χ0n) is 13.2. The van der Waals surface area contributed by atoms with E-state index in [-0.39, 0.29) is 0 Å². The number of rotatable bonds is 4. The monoisotopic (exact) mass is 297 g/mol. The van der Waals surface area contributed by atoms with Crippen molar-refractivity contribution in [3.63, 3.8) is 0 Å². The third-order valence-electron chi connectivity index (χ3n) is 4.09. The Kier molecular flexibility index (Phi) is 4.47. The minimum Gasteiger partial charge on any atom is -0.495 e. The number of aryl methyl sites for hydroxylation is 1. The van der Waals surface area contributed by atoms with Crippen LogP contribution >= 0.6 is 0 Å². The third kappa shape index (κ3) is 3.32. The molecule has 1 aliphatic heterocycles. The molecule has 3 rings (SSSR count). The van der Waals surface area contributed by atoms with Gasteiger partial charge < -0.3 is 15.0 Å². The third-order valence-corrected chi connectivity index (χ3v) is 4.09. The molecule has 0 amide bonds. The maximum Gasteiger partial charge on any atom is 0.142 e. The van der Waals surface area contributed by atoms with Crippen molar-refractivity contribution in [1.29, 1.82) is 0 Å². The molecule has 4 nitrogen and oxygen atoms in total. The van der Waals surface area contributed by atoms with E-state index < -0.39 is 0 Å². The molecule has 1 atom stereocenters. The smallest absolute Gasteiger partial charge is 0.142 e. The van der Waals surface area contributed by atoms with Gasteiger partial charge >= 0.3 is 0 Å². The summed E-state index contributed by atoms with van der Waals surface area (Å²) in [5, 5.41) is 3.57. The highest BCUT2D eigenvalue weighted by Crippen LogP contribution is 2.30. The van der Waals surface area contributed by atoms with Crippen molar-refractivity contribution in [2.75, 3.05) is 30.4 Å². The van der Waals surface area contributed by atoms with Gasteiger partial charge in [-0.05, 0) is 44.0 Å². The SMILES string of the molecule is COc1ccccc1N1CCCC(Nc2cccc(C)n2)C1. The molecule has 0 aliphatic carbocycles. The van der Waals surface area contributed by atoms with E-state index in [9.17, 15) is 0 Å². The largest absolute Gasteiger partial charge is 0.495 e. The molecule has 1 aliphatic rings. The number of pyridine rings is 1. The number of nitrogens with zero attached hydrogens (tertiary/aromatic N) is 2. The number of nitrogens with one attached hydrogen (secondary N) is 1. The van der Waals surface area contributed by atoms with Gasteiger partial charge in [0, 0.05) is 24.8 Å². The Bertz CT molecular complexity index is 629. The molecular weight excluding hydrogens is 274 g/mol. The molecule has 1 unspecified atom stereocenters. The van der Waals surface area contributed by atoms with E-state index in [4.69, 9.17) is 4.74 Å². The zero-order valence-corrected chi connectivity index (χ0v) is 13.2. The number of methoxy groups -OCH3 is 1. The summed E-state index contributed by atoms with van der Waals surface area (Å²) in [5.74, 6) is 1.91. The number of benzene rings is 1. The quantitative estimate of drug-likeness (QED) is 0.937. The van der Waals surface area contributed by atoms with Crippen LogP contribution in [0.15, 0.2) is 42.5 Å². The molecule has 2 aromatic rings. The number of para-hydroxylation sites is 2. The van der Waals surface area contributed by atoms with Gasteiger partial charge in [0.2, 0.25) is 0 Å². The molecule has 1 aromatic carbocycles. The molecule has 2 heterocycles. The minimum absolute atomic E-state index is 0.410. The van der Waals surface area contributed by atoms with Crippen molar-refractivity contribution in [3.8, 4) is 5.75 Å². The van der Waals surface area contributed by atoms with Crippen molar-refractivity contribution in [1.82, 2.24) is 4.98 Å². The van der Waals surface area contributed by atoms with E-state index in [1.807, 2.05) is 37.3 Å². The average molecular weight is 297 g/mol. The zero-order chi connectivity index (χ0) is 15.4. The van der Waals surface area contributed by atoms with Gasteiger partial charge in [-0.25, -0.2) is 4.98 Å². The molecule has 1 aromatic heterocycles. The van der Waals surface area contributed by atoms with Crippen LogP contribution in [0.2, 0.25) is 0 Å². The van der Waals surface area contributed by atoms with Crippen LogP contribution < -0.4 is 15.0 Å². The minimum atomic E-state index is 0.410. The van der Waals surface area contributed by atoms with Crippen LogP contribution in [0, 0.1) is 6.92 Å². The predicted molar refractivity (Wildman–Crippen MR) is 90.8 cm³/mol. The molecule has 4 heteroatoms. The van der Waals surface area contributed by atoms with Gasteiger partial charge in [-0.2, -0.15) is 0 Å². The maximum absolute atomic E-state index is 5.49. The lowest BCUT2D eigenvalue weighted by Crippen LogP contribution is -2.42. The summed E-state index contributed by atoms with van der Waals surface area (Å²) in [5.41, 5.74) is 2.22. The van der Waals surface area contributed by atoms with Crippen LogP contribution in [0.25, 0.3) is 0 Å². The van der Waals surface area contributed by atoms with Crippen LogP contribution in [-0.2, 0) is 0 Å². The fourth-order valence-corrected chi connectivity index (χ4v) is 3.04. The van der Waals surface area contributed by atoms with E-state index in [1.54, 1.807) is 7.11 Å². The number of hydrogen-bond acceptors (Lipinski definition) is 4. The Morgan fingerprint density at radius 3 is 2.86 bits per heavy atom. The molecule has 0 saturated carbocycles. The fourth-order valence-electron chi connectivity index (χ4n) is 3.04. The van der Waals surface area contributed by atoms with E-state index in [0.717, 1.165) is 30.4 Å². The van der Waals surface area contributed by atoms with E-state index in [0.29, 0.717) is 6.04 Å². The van der Waals surface area contributed by atoms with Gasteiger partial charge in [0.05, 0.1) is 12.8 Å². The highest BCUT2D eigenvalue weighted by Gasteiger charge is 2.22. The Morgan fingerprint density at radius 1 is 1.18 bits per heavy atom. The summed E-state index contributed by atoms with van der Waals surface area (Å²) in [4.78, 5) is 6.94. The molecule has 0 bridgehead atoms. The highest BCUT2D eigenvalue weighted by atomic mass is 16.5. The number of piperidine rings is 1. The fraction of sp³-hybridized carbons (Fsp3) is 0.389. The summed E-state index contributed by atoms with van der Waals surface area (Å²) in [6.07, 6.45) is 2.34. The van der Waals surface area contributed by atoms with Crippen LogP contribution in [0.3, 0.4) is 0 Å². The van der Waals surface area contributed by atoms with Gasteiger partial charge in [0.15, 0.2) is 0 Å². The number of hydrogen-bond donors (Lipinski definition) is 1. The Labute approximate surface area is 132 Å². The lowest BCUT2D eigenvalue weighted by Gasteiger charge is -2.35. The van der Waals surface area contributed by atoms with E-state index in [2.05, 4.69) is 27.3 Å². The summed E-state index contributed by atoms with van der Waals surface area (Å²) in [6, 6.07) is 14.7. The Morgan fingerprint density at radius 2 is 2.05 bits per heavy atom. The maximum atomic E-state index is 5.49.